The van der Waals surface area contributed by atoms with E-state index in [2.05, 4.69) is 40.9 Å². The van der Waals surface area contributed by atoms with E-state index in [4.69, 9.17) is 17.3 Å². The molecule has 0 aliphatic heterocycles. The van der Waals surface area contributed by atoms with Gasteiger partial charge in [-0.1, -0.05) is 37.4 Å². The van der Waals surface area contributed by atoms with Gasteiger partial charge in [-0.25, -0.2) is 0 Å². The first-order chi connectivity index (χ1) is 8.60. The van der Waals surface area contributed by atoms with Gasteiger partial charge >= 0.3 is 0 Å². The number of rotatable bonds is 7. The van der Waals surface area contributed by atoms with Crippen LogP contribution in [0.5, 0.6) is 0 Å². The summed E-state index contributed by atoms with van der Waals surface area (Å²) in [5.41, 5.74) is 7.09. The molecule has 1 rings (SSSR count). The predicted molar refractivity (Wildman–Crippen MR) is 83.1 cm³/mol. The monoisotopic (exact) mass is 332 g/mol. The Hall–Kier alpha value is -0.0900. The standard InChI is InChI=1S/C14H22BrClN2/c1-3-4-5-8-18(2)14(10-17)11-6-7-12(15)13(16)9-11/h6-7,9,14H,3-5,8,10,17H2,1-2H3. The summed E-state index contributed by atoms with van der Waals surface area (Å²) in [4.78, 5) is 2.31. The zero-order valence-electron chi connectivity index (χ0n) is 11.1. The van der Waals surface area contributed by atoms with E-state index < -0.39 is 0 Å². The van der Waals surface area contributed by atoms with Crippen LogP contribution in [0.3, 0.4) is 0 Å². The normalized spacial score (nSPS) is 13.0. The van der Waals surface area contributed by atoms with Crippen molar-refractivity contribution >= 4 is 27.5 Å². The molecule has 0 spiro atoms. The van der Waals surface area contributed by atoms with Crippen LogP contribution in [-0.4, -0.2) is 25.0 Å². The van der Waals surface area contributed by atoms with E-state index in [0.29, 0.717) is 6.54 Å². The number of hydrogen-bond acceptors (Lipinski definition) is 2. The third-order valence-corrected chi connectivity index (χ3v) is 4.43. The molecule has 1 atom stereocenters. The second kappa shape index (κ2) is 8.16. The van der Waals surface area contributed by atoms with Gasteiger partial charge in [0.15, 0.2) is 0 Å². The minimum atomic E-state index is 0.243. The molecule has 0 amide bonds. The number of nitrogens with two attached hydrogens (primary N) is 1. The molecule has 4 heteroatoms. The van der Waals surface area contributed by atoms with E-state index in [1.54, 1.807) is 0 Å². The highest BCUT2D eigenvalue weighted by Crippen LogP contribution is 2.27. The van der Waals surface area contributed by atoms with E-state index in [9.17, 15) is 0 Å². The first kappa shape index (κ1) is 16.0. The molecule has 1 aromatic carbocycles. The van der Waals surface area contributed by atoms with Crippen molar-refractivity contribution in [2.45, 2.75) is 32.2 Å². The fourth-order valence-electron chi connectivity index (χ4n) is 2.06. The minimum Gasteiger partial charge on any atom is -0.329 e. The van der Waals surface area contributed by atoms with E-state index in [1.807, 2.05) is 12.1 Å². The van der Waals surface area contributed by atoms with Gasteiger partial charge in [-0.15, -0.1) is 0 Å². The molecule has 0 aliphatic rings. The summed E-state index contributed by atoms with van der Waals surface area (Å²) in [7, 11) is 2.13. The van der Waals surface area contributed by atoms with Crippen molar-refractivity contribution in [2.24, 2.45) is 5.73 Å². The molecule has 0 radical (unpaired) electrons. The molecule has 0 heterocycles. The Labute approximate surface area is 124 Å². The molecule has 1 aromatic rings. The van der Waals surface area contributed by atoms with Crippen LogP contribution in [0.4, 0.5) is 0 Å². The summed E-state index contributed by atoms with van der Waals surface area (Å²) in [5, 5.41) is 0.743. The van der Waals surface area contributed by atoms with Crippen LogP contribution in [-0.2, 0) is 0 Å². The van der Waals surface area contributed by atoms with Crippen molar-refractivity contribution in [1.82, 2.24) is 4.90 Å². The van der Waals surface area contributed by atoms with Crippen LogP contribution in [0.1, 0.15) is 37.8 Å². The molecule has 102 valence electrons. The van der Waals surface area contributed by atoms with Crippen LogP contribution < -0.4 is 5.73 Å². The van der Waals surface area contributed by atoms with Crippen LogP contribution in [0.2, 0.25) is 5.02 Å². The molecule has 0 saturated carbocycles. The van der Waals surface area contributed by atoms with E-state index in [1.165, 1.54) is 24.8 Å². The number of hydrogen-bond donors (Lipinski definition) is 1. The molecule has 2 nitrogen and oxygen atoms in total. The van der Waals surface area contributed by atoms with Gasteiger partial charge in [0.1, 0.15) is 0 Å². The van der Waals surface area contributed by atoms with Gasteiger partial charge in [0.2, 0.25) is 0 Å². The lowest BCUT2D eigenvalue weighted by Gasteiger charge is -2.27. The molecule has 0 bridgehead atoms. The molecular formula is C14H22BrClN2. The molecule has 0 aromatic heterocycles. The highest BCUT2D eigenvalue weighted by atomic mass is 79.9. The summed E-state index contributed by atoms with van der Waals surface area (Å²) in [6.07, 6.45) is 3.72. The van der Waals surface area contributed by atoms with Gasteiger partial charge in [0, 0.05) is 17.1 Å². The van der Waals surface area contributed by atoms with E-state index in [0.717, 1.165) is 16.0 Å². The quantitative estimate of drug-likeness (QED) is 0.757. The molecular weight excluding hydrogens is 312 g/mol. The summed E-state index contributed by atoms with van der Waals surface area (Å²) in [5.74, 6) is 0. The van der Waals surface area contributed by atoms with Gasteiger partial charge in [0.05, 0.1) is 5.02 Å². The van der Waals surface area contributed by atoms with E-state index >= 15 is 0 Å². The predicted octanol–water partition coefficient (Wildman–Crippen LogP) is 4.22. The van der Waals surface area contributed by atoms with Gasteiger partial charge in [0.25, 0.3) is 0 Å². The Bertz CT molecular complexity index is 371. The molecule has 0 fully saturated rings. The number of unbranched alkanes of at least 4 members (excludes halogenated alkanes) is 2. The zero-order chi connectivity index (χ0) is 13.5. The fraction of sp³-hybridized carbons (Fsp3) is 0.571. The SMILES string of the molecule is CCCCCN(C)C(CN)c1ccc(Br)c(Cl)c1. The van der Waals surface area contributed by atoms with Crippen molar-refractivity contribution in [3.8, 4) is 0 Å². The fourth-order valence-corrected chi connectivity index (χ4v) is 2.49. The maximum Gasteiger partial charge on any atom is 0.0551 e. The third-order valence-electron chi connectivity index (χ3n) is 3.20. The first-order valence-electron chi connectivity index (χ1n) is 6.45. The average molecular weight is 334 g/mol. The smallest absolute Gasteiger partial charge is 0.0551 e. The number of likely N-dealkylation sites (N-methyl/N-ethyl adjacent to an activating group) is 1. The van der Waals surface area contributed by atoms with Crippen molar-refractivity contribution < 1.29 is 0 Å². The Morgan fingerprint density at radius 3 is 2.67 bits per heavy atom. The molecule has 18 heavy (non-hydrogen) atoms. The third kappa shape index (κ3) is 4.54. The second-order valence-corrected chi connectivity index (χ2v) is 5.87. The lowest BCUT2D eigenvalue weighted by atomic mass is 10.1. The molecule has 0 aliphatic carbocycles. The summed E-state index contributed by atoms with van der Waals surface area (Å²) >= 11 is 9.55. The highest BCUT2D eigenvalue weighted by molar-refractivity contribution is 9.10. The first-order valence-corrected chi connectivity index (χ1v) is 7.62. The topological polar surface area (TPSA) is 29.3 Å². The number of benzene rings is 1. The molecule has 0 saturated heterocycles. The zero-order valence-corrected chi connectivity index (χ0v) is 13.5. The molecule has 2 N–H and O–H groups in total. The van der Waals surface area contributed by atoms with Crippen LogP contribution in [0, 0.1) is 0 Å². The largest absolute Gasteiger partial charge is 0.329 e. The van der Waals surface area contributed by atoms with Gasteiger partial charge in [-0.2, -0.15) is 0 Å². The summed E-state index contributed by atoms with van der Waals surface area (Å²) in [6, 6.07) is 6.32. The summed E-state index contributed by atoms with van der Waals surface area (Å²) < 4.78 is 0.928. The Morgan fingerprint density at radius 1 is 1.39 bits per heavy atom. The minimum absolute atomic E-state index is 0.243. The van der Waals surface area contributed by atoms with Crippen molar-refractivity contribution in [1.29, 1.82) is 0 Å². The Kier molecular flexibility index (Phi) is 7.23. The second-order valence-electron chi connectivity index (χ2n) is 4.61. The Balaban J connectivity index is 2.72. The molecule has 1 unspecified atom stereocenters. The van der Waals surface area contributed by atoms with Gasteiger partial charge in [-0.3, -0.25) is 4.90 Å². The highest BCUT2D eigenvalue weighted by Gasteiger charge is 2.15. The van der Waals surface area contributed by atoms with Crippen LogP contribution >= 0.6 is 27.5 Å². The van der Waals surface area contributed by atoms with Crippen molar-refractivity contribution in [2.75, 3.05) is 20.1 Å². The van der Waals surface area contributed by atoms with Crippen LogP contribution in [0.25, 0.3) is 0 Å². The number of nitrogens with zero attached hydrogens (tertiary/aromatic N) is 1. The average Bonchev–Trinajstić information content (AvgIpc) is 2.35. The van der Waals surface area contributed by atoms with Crippen molar-refractivity contribution in [3.05, 3.63) is 33.3 Å². The maximum atomic E-state index is 6.14. The Morgan fingerprint density at radius 2 is 2.11 bits per heavy atom. The van der Waals surface area contributed by atoms with Crippen LogP contribution in [0.15, 0.2) is 22.7 Å². The lowest BCUT2D eigenvalue weighted by molar-refractivity contribution is 0.245. The van der Waals surface area contributed by atoms with E-state index in [-0.39, 0.29) is 6.04 Å². The lowest BCUT2D eigenvalue weighted by Crippen LogP contribution is -2.31. The maximum absolute atomic E-state index is 6.14. The van der Waals surface area contributed by atoms with Crippen molar-refractivity contribution in [3.63, 3.8) is 0 Å². The van der Waals surface area contributed by atoms with Gasteiger partial charge < -0.3 is 5.73 Å². The van der Waals surface area contributed by atoms with Gasteiger partial charge in [-0.05, 0) is 53.6 Å². The summed E-state index contributed by atoms with van der Waals surface area (Å²) in [6.45, 7) is 3.90. The number of halogens is 2.